The van der Waals surface area contributed by atoms with E-state index in [1.807, 2.05) is 24.3 Å². The highest BCUT2D eigenvalue weighted by molar-refractivity contribution is 5.71. The highest BCUT2D eigenvalue weighted by Crippen LogP contribution is 2.46. The monoisotopic (exact) mass is 459 g/mol. The minimum absolute atomic E-state index is 0.241. The van der Waals surface area contributed by atoms with Crippen molar-refractivity contribution < 1.29 is 23.7 Å². The maximum absolute atomic E-state index is 11.5. The first-order chi connectivity index (χ1) is 16.6. The van der Waals surface area contributed by atoms with E-state index >= 15 is 0 Å². The van der Waals surface area contributed by atoms with Gasteiger partial charge in [0.1, 0.15) is 6.61 Å². The largest absolute Gasteiger partial charge is 0.493 e. The van der Waals surface area contributed by atoms with E-state index in [1.165, 1.54) is 23.6 Å². The minimum atomic E-state index is -0.351. The van der Waals surface area contributed by atoms with Crippen LogP contribution in [0.1, 0.15) is 40.8 Å². The third-order valence-electron chi connectivity index (χ3n) is 6.68. The van der Waals surface area contributed by atoms with Gasteiger partial charge in [0.15, 0.2) is 23.0 Å². The van der Waals surface area contributed by atoms with Crippen LogP contribution in [0.4, 0.5) is 0 Å². The number of methoxy groups -OCH3 is 2. The Labute approximate surface area is 200 Å². The fourth-order valence-corrected chi connectivity index (χ4v) is 5.08. The van der Waals surface area contributed by atoms with E-state index in [1.54, 1.807) is 14.2 Å². The number of esters is 1. The molecule has 0 bridgehead atoms. The molecule has 3 aromatic rings. The van der Waals surface area contributed by atoms with Crippen molar-refractivity contribution in [2.75, 3.05) is 20.8 Å². The number of ether oxygens (including phenoxy) is 4. The van der Waals surface area contributed by atoms with E-state index in [9.17, 15) is 4.79 Å². The van der Waals surface area contributed by atoms with Gasteiger partial charge >= 0.3 is 5.97 Å². The molecule has 0 aliphatic carbocycles. The SMILES string of the molecule is COc1cc2c(cc1OCc1ccccc1)C1Cc3ccc(OC(C)=O)c(OC)c3CN1CC2. The topological polar surface area (TPSA) is 57.2 Å². The number of fused-ring (bicyclic) bond motifs is 4. The molecule has 6 heteroatoms. The van der Waals surface area contributed by atoms with Gasteiger partial charge in [-0.1, -0.05) is 36.4 Å². The second-order valence-corrected chi connectivity index (χ2v) is 8.74. The van der Waals surface area contributed by atoms with Crippen LogP contribution in [0.5, 0.6) is 23.0 Å². The van der Waals surface area contributed by atoms with Gasteiger partial charge in [-0.3, -0.25) is 9.69 Å². The summed E-state index contributed by atoms with van der Waals surface area (Å²) in [5.74, 6) is 2.31. The number of rotatable bonds is 6. The van der Waals surface area contributed by atoms with Crippen molar-refractivity contribution in [3.8, 4) is 23.0 Å². The average molecular weight is 460 g/mol. The molecular weight excluding hydrogens is 430 g/mol. The highest BCUT2D eigenvalue weighted by Gasteiger charge is 2.35. The lowest BCUT2D eigenvalue weighted by Crippen LogP contribution is -2.39. The lowest BCUT2D eigenvalue weighted by atomic mass is 9.83. The third-order valence-corrected chi connectivity index (χ3v) is 6.68. The van der Waals surface area contributed by atoms with Gasteiger partial charge in [0.25, 0.3) is 0 Å². The number of carbonyl (C=O) groups excluding carboxylic acids is 1. The van der Waals surface area contributed by atoms with E-state index < -0.39 is 0 Å². The van der Waals surface area contributed by atoms with E-state index in [4.69, 9.17) is 18.9 Å². The molecule has 5 rings (SSSR count). The normalized spacial score (nSPS) is 16.6. The fourth-order valence-electron chi connectivity index (χ4n) is 5.08. The molecule has 176 valence electrons. The van der Waals surface area contributed by atoms with Gasteiger partial charge < -0.3 is 18.9 Å². The maximum Gasteiger partial charge on any atom is 0.308 e. The Balaban J connectivity index is 1.46. The molecule has 2 aliphatic rings. The van der Waals surface area contributed by atoms with Crippen molar-refractivity contribution in [2.45, 2.75) is 39.0 Å². The molecule has 0 amide bonds. The summed E-state index contributed by atoms with van der Waals surface area (Å²) in [5, 5.41) is 0. The molecule has 1 unspecified atom stereocenters. The zero-order valence-electron chi connectivity index (χ0n) is 19.8. The van der Waals surface area contributed by atoms with E-state index in [0.29, 0.717) is 18.1 Å². The van der Waals surface area contributed by atoms with Gasteiger partial charge in [0.2, 0.25) is 0 Å². The molecule has 3 aromatic carbocycles. The first-order valence-electron chi connectivity index (χ1n) is 11.6. The third kappa shape index (κ3) is 4.21. The standard InChI is InChI=1S/C28H29NO5/c1-18(30)34-25-10-9-20-13-24-22-15-27(33-17-19-7-5-4-6-8-19)26(31-2)14-21(22)11-12-29(24)16-23(20)28(25)32-3/h4-10,14-15,24H,11-13,16-17H2,1-3H3. The number of hydrogen-bond acceptors (Lipinski definition) is 6. The molecule has 0 aromatic heterocycles. The summed E-state index contributed by atoms with van der Waals surface area (Å²) >= 11 is 0. The Morgan fingerprint density at radius 1 is 0.971 bits per heavy atom. The number of benzene rings is 3. The van der Waals surface area contributed by atoms with Gasteiger partial charge in [-0.25, -0.2) is 0 Å². The van der Waals surface area contributed by atoms with Crippen molar-refractivity contribution in [1.29, 1.82) is 0 Å². The van der Waals surface area contributed by atoms with Gasteiger partial charge in [-0.15, -0.1) is 0 Å². The van der Waals surface area contributed by atoms with Crippen molar-refractivity contribution in [3.63, 3.8) is 0 Å². The number of hydrogen-bond donors (Lipinski definition) is 0. The smallest absolute Gasteiger partial charge is 0.308 e. The van der Waals surface area contributed by atoms with Crippen molar-refractivity contribution >= 4 is 5.97 Å². The average Bonchev–Trinajstić information content (AvgIpc) is 2.86. The summed E-state index contributed by atoms with van der Waals surface area (Å²) < 4.78 is 22.9. The molecule has 1 atom stereocenters. The second kappa shape index (κ2) is 9.39. The van der Waals surface area contributed by atoms with Crippen molar-refractivity contribution in [1.82, 2.24) is 4.90 Å². The predicted octanol–water partition coefficient (Wildman–Crippen LogP) is 4.86. The summed E-state index contributed by atoms with van der Waals surface area (Å²) in [4.78, 5) is 14.0. The Morgan fingerprint density at radius 2 is 1.79 bits per heavy atom. The van der Waals surface area contributed by atoms with Crippen LogP contribution >= 0.6 is 0 Å². The zero-order chi connectivity index (χ0) is 23.7. The molecular formula is C28H29NO5. The molecule has 0 N–H and O–H groups in total. The van der Waals surface area contributed by atoms with Crippen LogP contribution in [0.25, 0.3) is 0 Å². The highest BCUT2D eigenvalue weighted by atomic mass is 16.6. The van der Waals surface area contributed by atoms with Gasteiger partial charge in [-0.05, 0) is 53.3 Å². The Kier molecular flexibility index (Phi) is 6.16. The van der Waals surface area contributed by atoms with Crippen molar-refractivity contribution in [2.24, 2.45) is 0 Å². The first-order valence-corrected chi connectivity index (χ1v) is 11.6. The van der Waals surface area contributed by atoms with E-state index in [0.717, 1.165) is 48.6 Å². The first kappa shape index (κ1) is 22.3. The van der Waals surface area contributed by atoms with Crippen LogP contribution < -0.4 is 18.9 Å². The summed E-state index contributed by atoms with van der Waals surface area (Å²) in [6.07, 6.45) is 1.78. The summed E-state index contributed by atoms with van der Waals surface area (Å²) in [5.41, 5.74) is 6.01. The quantitative estimate of drug-likeness (QED) is 0.388. The Morgan fingerprint density at radius 3 is 2.53 bits per heavy atom. The van der Waals surface area contributed by atoms with Gasteiger partial charge in [0, 0.05) is 31.6 Å². The zero-order valence-corrected chi connectivity index (χ0v) is 19.8. The molecule has 0 saturated heterocycles. The van der Waals surface area contributed by atoms with E-state index in [2.05, 4.69) is 35.2 Å². The fraction of sp³-hybridized carbons (Fsp3) is 0.321. The Bertz CT molecular complexity index is 1210. The maximum atomic E-state index is 11.5. The van der Waals surface area contributed by atoms with Crippen LogP contribution in [-0.2, 0) is 30.8 Å². The summed E-state index contributed by atoms with van der Waals surface area (Å²) in [6, 6.07) is 18.6. The molecule has 0 saturated carbocycles. The number of carbonyl (C=O) groups is 1. The molecule has 2 heterocycles. The van der Waals surface area contributed by atoms with Crippen LogP contribution in [-0.4, -0.2) is 31.6 Å². The molecule has 0 fully saturated rings. The minimum Gasteiger partial charge on any atom is -0.493 e. The van der Waals surface area contributed by atoms with Crippen LogP contribution in [0.15, 0.2) is 54.6 Å². The lowest BCUT2D eigenvalue weighted by Gasteiger charge is -2.42. The summed E-state index contributed by atoms with van der Waals surface area (Å²) in [7, 11) is 3.32. The van der Waals surface area contributed by atoms with Crippen LogP contribution in [0, 0.1) is 0 Å². The number of nitrogens with zero attached hydrogens (tertiary/aromatic N) is 1. The summed E-state index contributed by atoms with van der Waals surface area (Å²) in [6.45, 7) is 3.57. The lowest BCUT2D eigenvalue weighted by molar-refractivity contribution is -0.132. The van der Waals surface area contributed by atoms with Crippen LogP contribution in [0.3, 0.4) is 0 Å². The molecule has 6 nitrogen and oxygen atoms in total. The predicted molar refractivity (Wildman–Crippen MR) is 129 cm³/mol. The van der Waals surface area contributed by atoms with Gasteiger partial charge in [-0.2, -0.15) is 0 Å². The molecule has 34 heavy (non-hydrogen) atoms. The molecule has 0 radical (unpaired) electrons. The molecule has 0 spiro atoms. The Hall–Kier alpha value is -3.51. The van der Waals surface area contributed by atoms with Gasteiger partial charge in [0.05, 0.1) is 14.2 Å². The molecule has 2 aliphatic heterocycles. The second-order valence-electron chi connectivity index (χ2n) is 8.74. The van der Waals surface area contributed by atoms with Crippen LogP contribution in [0.2, 0.25) is 0 Å². The van der Waals surface area contributed by atoms with E-state index in [-0.39, 0.29) is 12.0 Å². The van der Waals surface area contributed by atoms with Crippen molar-refractivity contribution in [3.05, 3.63) is 82.4 Å².